The van der Waals surface area contributed by atoms with Gasteiger partial charge in [0.1, 0.15) is 0 Å². The standard InChI is InChI=1S/C38H33N9O3/c39-37(48)29-13-27-21-46-17-23-5-1-9-33(42-23)35-11-3-7-25(44-35)19-47(22-28-14-30(38(49)50)32(16-41-28)31(29)15-40-27)20-26-8-4-12-36(45-26)34-10-2-6-24(18-46)43-34/h1-16,42,44H,17-22H2,(H2,39,48)(H,49,50)/b35-33-. The molecule has 0 saturated heterocycles. The average molecular weight is 664 g/mol. The first kappa shape index (κ1) is 31.1. The smallest absolute Gasteiger partial charge is 0.336 e. The highest BCUT2D eigenvalue weighted by atomic mass is 16.4. The summed E-state index contributed by atoms with van der Waals surface area (Å²) in [6.45, 7) is 2.57. The molecular formula is C38H33N9O3. The van der Waals surface area contributed by atoms with E-state index in [1.54, 1.807) is 12.1 Å². The Kier molecular flexibility index (Phi) is 8.07. The van der Waals surface area contributed by atoms with Gasteiger partial charge in [0.05, 0.1) is 56.7 Å². The second-order valence-electron chi connectivity index (χ2n) is 12.6. The number of aromatic carboxylic acids is 1. The summed E-state index contributed by atoms with van der Waals surface area (Å²) in [5.74, 6) is -1.83. The first-order chi connectivity index (χ1) is 24.3. The molecule has 12 nitrogen and oxygen atoms in total. The Morgan fingerprint density at radius 2 is 1.14 bits per heavy atom. The number of rotatable bonds is 2. The van der Waals surface area contributed by atoms with E-state index in [9.17, 15) is 14.7 Å². The molecular weight excluding hydrogens is 630 g/mol. The molecule has 4 aromatic heterocycles. The van der Waals surface area contributed by atoms with E-state index in [-0.39, 0.29) is 16.7 Å². The number of carboxylic acids is 1. The van der Waals surface area contributed by atoms with E-state index >= 15 is 0 Å². The number of pyridine rings is 4. The monoisotopic (exact) mass is 663 g/mol. The molecule has 0 radical (unpaired) electrons. The number of nitrogens with zero attached hydrogens (tertiary/aromatic N) is 6. The minimum absolute atomic E-state index is 0.00435. The van der Waals surface area contributed by atoms with E-state index in [1.165, 1.54) is 12.4 Å². The average Bonchev–Trinajstić information content (AvgIpc) is 3.11. The van der Waals surface area contributed by atoms with Crippen molar-refractivity contribution in [1.29, 1.82) is 0 Å². The topological polar surface area (TPSA) is 162 Å². The molecule has 14 bridgehead atoms. The van der Waals surface area contributed by atoms with Gasteiger partial charge >= 0.3 is 5.97 Å². The van der Waals surface area contributed by atoms with Crippen molar-refractivity contribution in [3.8, 4) is 22.5 Å². The Morgan fingerprint density at radius 3 is 1.64 bits per heavy atom. The van der Waals surface area contributed by atoms with Crippen LogP contribution in [-0.2, 0) is 26.2 Å². The van der Waals surface area contributed by atoms with Gasteiger partial charge in [-0.1, -0.05) is 24.3 Å². The van der Waals surface area contributed by atoms with Crippen LogP contribution in [0.5, 0.6) is 0 Å². The number of dihydropyridines is 2. The van der Waals surface area contributed by atoms with Crippen LogP contribution in [0.15, 0.2) is 120 Å². The second kappa shape index (κ2) is 13.0. The number of carbonyl (C=O) groups excluding carboxylic acids is 1. The molecule has 4 aromatic rings. The third kappa shape index (κ3) is 6.44. The van der Waals surface area contributed by atoms with Crippen molar-refractivity contribution in [2.75, 3.05) is 13.1 Å². The van der Waals surface area contributed by atoms with E-state index in [0.29, 0.717) is 56.2 Å². The molecule has 5 N–H and O–H groups in total. The minimum Gasteiger partial charge on any atom is -0.478 e. The highest BCUT2D eigenvalue weighted by Crippen LogP contribution is 2.29. The quantitative estimate of drug-likeness (QED) is 0.245. The molecule has 0 aliphatic carbocycles. The summed E-state index contributed by atoms with van der Waals surface area (Å²) >= 11 is 0. The van der Waals surface area contributed by atoms with Crippen LogP contribution in [0.3, 0.4) is 0 Å². The third-order valence-electron chi connectivity index (χ3n) is 8.91. The fraction of sp³-hybridized carbons (Fsp3) is 0.158. The molecule has 1 amide bonds. The molecule has 248 valence electrons. The van der Waals surface area contributed by atoms with E-state index in [0.717, 1.165) is 45.6 Å². The summed E-state index contributed by atoms with van der Waals surface area (Å²) in [5.41, 5.74) is 14.7. The third-order valence-corrected chi connectivity index (χ3v) is 8.91. The van der Waals surface area contributed by atoms with Crippen molar-refractivity contribution in [2.45, 2.75) is 26.2 Å². The van der Waals surface area contributed by atoms with Crippen molar-refractivity contribution in [3.63, 3.8) is 0 Å². The van der Waals surface area contributed by atoms with Crippen LogP contribution in [-0.4, -0.2) is 59.8 Å². The molecule has 13 heterocycles. The molecule has 0 spiro atoms. The van der Waals surface area contributed by atoms with Crippen LogP contribution in [0.25, 0.3) is 22.5 Å². The summed E-state index contributed by atoms with van der Waals surface area (Å²) < 4.78 is 0. The number of nitrogens with one attached hydrogen (secondary N) is 2. The van der Waals surface area contributed by atoms with Crippen molar-refractivity contribution >= 4 is 11.9 Å². The number of carbonyl (C=O) groups is 2. The second-order valence-corrected chi connectivity index (χ2v) is 12.6. The molecule has 13 rings (SSSR count). The molecule has 2 unspecified atom stereocenters. The van der Waals surface area contributed by atoms with Crippen molar-refractivity contribution in [1.82, 2.24) is 40.4 Å². The fourth-order valence-corrected chi connectivity index (χ4v) is 6.67. The molecule has 0 fully saturated rings. The van der Waals surface area contributed by atoms with Gasteiger partial charge in [-0.05, 0) is 60.7 Å². The number of primary amides is 1. The van der Waals surface area contributed by atoms with Gasteiger partial charge in [0, 0.05) is 74.2 Å². The Morgan fingerprint density at radius 1 is 0.660 bits per heavy atom. The number of hydrogen-bond acceptors (Lipinski definition) is 10. The zero-order valence-corrected chi connectivity index (χ0v) is 27.0. The molecule has 9 aliphatic heterocycles. The summed E-state index contributed by atoms with van der Waals surface area (Å²) in [5, 5.41) is 17.6. The van der Waals surface area contributed by atoms with Gasteiger partial charge in [-0.25, -0.2) is 14.8 Å². The lowest BCUT2D eigenvalue weighted by Crippen LogP contribution is -2.34. The number of aromatic nitrogens is 4. The van der Waals surface area contributed by atoms with Crippen LogP contribution >= 0.6 is 0 Å². The first-order valence-electron chi connectivity index (χ1n) is 16.3. The first-order valence-corrected chi connectivity index (χ1v) is 16.3. The lowest BCUT2D eigenvalue weighted by atomic mass is 9.97. The van der Waals surface area contributed by atoms with Crippen molar-refractivity contribution in [2.24, 2.45) is 5.73 Å². The maximum absolute atomic E-state index is 12.9. The van der Waals surface area contributed by atoms with E-state index in [2.05, 4.69) is 20.4 Å². The van der Waals surface area contributed by atoms with Crippen LogP contribution in [0.1, 0.15) is 43.5 Å². The van der Waals surface area contributed by atoms with Gasteiger partial charge in [0.25, 0.3) is 0 Å². The summed E-state index contributed by atoms with van der Waals surface area (Å²) in [7, 11) is 0. The van der Waals surface area contributed by atoms with E-state index in [4.69, 9.17) is 25.7 Å². The SMILES string of the molecule is NC(=O)c1cc2ncc1-c1cnc(cc1C(=O)O)CN1CC3=CC=C/C(=C4\C=CC=C(CN(C2)Cc2cccc(n2)-c2cccc(n2)C1)N4)N3. The number of nitrogens with two attached hydrogens (primary N) is 1. The number of allylic oxidation sites excluding steroid dienone is 6. The molecule has 50 heavy (non-hydrogen) atoms. The van der Waals surface area contributed by atoms with Gasteiger partial charge in [-0.2, -0.15) is 0 Å². The number of amides is 1. The summed E-state index contributed by atoms with van der Waals surface area (Å²) in [6.07, 6.45) is 15.2. The van der Waals surface area contributed by atoms with Crippen LogP contribution < -0.4 is 16.4 Å². The van der Waals surface area contributed by atoms with E-state index < -0.39 is 11.9 Å². The lowest BCUT2D eigenvalue weighted by Gasteiger charge is -2.28. The number of hydrogen-bond donors (Lipinski definition) is 4. The Bertz CT molecular complexity index is 2060. The Hall–Kier alpha value is -6.24. The maximum Gasteiger partial charge on any atom is 0.336 e. The fourth-order valence-electron chi connectivity index (χ4n) is 6.67. The molecule has 12 heteroatoms. The van der Waals surface area contributed by atoms with Crippen LogP contribution in [0, 0.1) is 0 Å². The normalized spacial score (nSPS) is 20.8. The van der Waals surface area contributed by atoms with Gasteiger partial charge in [0.2, 0.25) is 5.91 Å². The van der Waals surface area contributed by atoms with Gasteiger partial charge in [-0.15, -0.1) is 0 Å². The van der Waals surface area contributed by atoms with Gasteiger partial charge in [0.15, 0.2) is 0 Å². The Balaban J connectivity index is 1.35. The van der Waals surface area contributed by atoms with Gasteiger partial charge < -0.3 is 21.5 Å². The molecule has 0 aromatic carbocycles. The highest BCUT2D eigenvalue weighted by Gasteiger charge is 2.23. The number of carboxylic acid groups (broad SMARTS) is 1. The zero-order valence-electron chi connectivity index (χ0n) is 27.0. The minimum atomic E-state index is -1.15. The van der Waals surface area contributed by atoms with E-state index in [1.807, 2.05) is 72.9 Å². The van der Waals surface area contributed by atoms with Crippen LogP contribution in [0.4, 0.5) is 0 Å². The zero-order chi connectivity index (χ0) is 34.2. The Labute approximate surface area is 288 Å². The van der Waals surface area contributed by atoms with Crippen molar-refractivity contribution < 1.29 is 14.7 Å². The summed E-state index contributed by atoms with van der Waals surface area (Å²) in [6, 6.07) is 15.0. The molecule has 9 aliphatic rings. The lowest BCUT2D eigenvalue weighted by molar-refractivity contribution is 0.0697. The summed E-state index contributed by atoms with van der Waals surface area (Å²) in [4.78, 5) is 49.4. The highest BCUT2D eigenvalue weighted by molar-refractivity contribution is 6.03. The maximum atomic E-state index is 12.9. The predicted molar refractivity (Wildman–Crippen MR) is 186 cm³/mol. The van der Waals surface area contributed by atoms with Crippen molar-refractivity contribution in [3.05, 3.63) is 154 Å². The molecule has 2 atom stereocenters. The van der Waals surface area contributed by atoms with Gasteiger partial charge in [-0.3, -0.25) is 24.6 Å². The van der Waals surface area contributed by atoms with Crippen LogP contribution in [0.2, 0.25) is 0 Å². The molecule has 0 saturated carbocycles. The predicted octanol–water partition coefficient (Wildman–Crippen LogP) is 4.03. The largest absolute Gasteiger partial charge is 0.478 e.